The molecule has 0 fully saturated rings. The molecule has 3 rings (SSSR count). The predicted octanol–water partition coefficient (Wildman–Crippen LogP) is 4.95. The lowest BCUT2D eigenvalue weighted by molar-refractivity contribution is -0.142. The molecule has 0 spiro atoms. The number of benzene rings is 3. The number of nitrogens with one attached hydrogen (secondary N) is 1. The minimum atomic E-state index is -3.66. The number of nitrogens with zero attached hydrogens (tertiary/aromatic N) is 2. The highest BCUT2D eigenvalue weighted by molar-refractivity contribution is 7.89. The van der Waals surface area contributed by atoms with Gasteiger partial charge in [0.15, 0.2) is 0 Å². The molecule has 0 saturated carbocycles. The van der Waals surface area contributed by atoms with E-state index in [9.17, 15) is 18.0 Å². The second kappa shape index (κ2) is 13.7. The van der Waals surface area contributed by atoms with E-state index in [1.165, 1.54) is 11.4 Å². The molecule has 1 unspecified atom stereocenters. The van der Waals surface area contributed by atoms with Gasteiger partial charge in [0.05, 0.1) is 4.90 Å². The Kier molecular flexibility index (Phi) is 10.7. The van der Waals surface area contributed by atoms with Crippen LogP contribution in [-0.4, -0.2) is 54.6 Å². The van der Waals surface area contributed by atoms with E-state index in [4.69, 9.17) is 0 Å². The Morgan fingerprint density at radius 1 is 0.850 bits per heavy atom. The number of sulfonamides is 1. The highest BCUT2D eigenvalue weighted by atomic mass is 32.2. The van der Waals surface area contributed by atoms with Gasteiger partial charge in [-0.1, -0.05) is 78.4 Å². The van der Waals surface area contributed by atoms with Crippen LogP contribution in [0.3, 0.4) is 0 Å². The topological polar surface area (TPSA) is 86.8 Å². The molecule has 3 aromatic carbocycles. The van der Waals surface area contributed by atoms with E-state index in [2.05, 4.69) is 5.32 Å². The van der Waals surface area contributed by atoms with Gasteiger partial charge >= 0.3 is 0 Å². The molecule has 0 aliphatic carbocycles. The molecule has 1 N–H and O–H groups in total. The maximum atomic E-state index is 13.8. The molecule has 3 aromatic rings. The van der Waals surface area contributed by atoms with Crippen molar-refractivity contribution in [3.63, 3.8) is 0 Å². The van der Waals surface area contributed by atoms with Crippen molar-refractivity contribution in [3.05, 3.63) is 102 Å². The van der Waals surface area contributed by atoms with Crippen molar-refractivity contribution in [1.29, 1.82) is 0 Å². The molecule has 1 atom stereocenters. The number of rotatable bonds is 12. The van der Waals surface area contributed by atoms with Crippen LogP contribution in [0.2, 0.25) is 0 Å². The highest BCUT2D eigenvalue weighted by Crippen LogP contribution is 2.19. The van der Waals surface area contributed by atoms with E-state index in [0.717, 1.165) is 16.7 Å². The Bertz CT molecular complexity index is 1350. The Morgan fingerprint density at radius 3 is 2.00 bits per heavy atom. The monoisotopic (exact) mass is 563 g/mol. The molecule has 0 heterocycles. The van der Waals surface area contributed by atoms with Gasteiger partial charge in [0.2, 0.25) is 21.8 Å². The molecule has 214 valence electrons. The van der Waals surface area contributed by atoms with E-state index < -0.39 is 21.6 Å². The minimum absolute atomic E-state index is 0.106. The quantitative estimate of drug-likeness (QED) is 0.338. The first-order valence-corrected chi connectivity index (χ1v) is 15.0. The molecule has 8 heteroatoms. The Hall–Kier alpha value is -3.49. The third-order valence-electron chi connectivity index (χ3n) is 6.56. The molecule has 0 bridgehead atoms. The van der Waals surface area contributed by atoms with E-state index in [0.29, 0.717) is 12.8 Å². The van der Waals surface area contributed by atoms with Crippen molar-refractivity contribution in [1.82, 2.24) is 14.5 Å². The van der Waals surface area contributed by atoms with Crippen molar-refractivity contribution in [2.24, 2.45) is 0 Å². The third-order valence-corrected chi connectivity index (χ3v) is 8.43. The van der Waals surface area contributed by atoms with E-state index in [1.54, 1.807) is 35.2 Å². The molecule has 7 nitrogen and oxygen atoms in total. The fraction of sp³-hybridized carbons (Fsp3) is 0.375. The Balaban J connectivity index is 1.84. The zero-order valence-electron chi connectivity index (χ0n) is 24.1. The standard InChI is InChI=1S/C32H41N3O4S/c1-25-18-20-27(21-19-25)24-35(29(31(37)33-32(2,3)4)23-26-13-8-6-9-14-26)30(36)17-12-22-34(5)40(38,39)28-15-10-7-11-16-28/h6-11,13-16,18-21,29H,12,17,22-24H2,1-5H3,(H,33,37). The largest absolute Gasteiger partial charge is 0.350 e. The first-order valence-electron chi connectivity index (χ1n) is 13.6. The van der Waals surface area contributed by atoms with Gasteiger partial charge in [0.25, 0.3) is 0 Å². The molecule has 0 saturated heterocycles. The lowest BCUT2D eigenvalue weighted by Gasteiger charge is -2.34. The lowest BCUT2D eigenvalue weighted by Crippen LogP contribution is -2.54. The molecular weight excluding hydrogens is 522 g/mol. The van der Waals surface area contributed by atoms with Gasteiger partial charge in [0.1, 0.15) is 6.04 Å². The fourth-order valence-electron chi connectivity index (χ4n) is 4.39. The van der Waals surface area contributed by atoms with Crippen molar-refractivity contribution in [2.45, 2.75) is 70.0 Å². The summed E-state index contributed by atoms with van der Waals surface area (Å²) in [5.41, 5.74) is 2.51. The van der Waals surface area contributed by atoms with Gasteiger partial charge in [0, 0.05) is 38.5 Å². The third kappa shape index (κ3) is 9.03. The molecule has 2 amide bonds. The first kappa shape index (κ1) is 31.0. The van der Waals surface area contributed by atoms with Crippen molar-refractivity contribution in [2.75, 3.05) is 13.6 Å². The number of amides is 2. The van der Waals surface area contributed by atoms with Crippen LogP contribution in [0.25, 0.3) is 0 Å². The van der Waals surface area contributed by atoms with Crippen molar-refractivity contribution >= 4 is 21.8 Å². The summed E-state index contributed by atoms with van der Waals surface area (Å²) in [4.78, 5) is 29.3. The molecule has 0 radical (unpaired) electrons. The van der Waals surface area contributed by atoms with Gasteiger partial charge in [-0.25, -0.2) is 12.7 Å². The number of carbonyl (C=O) groups excluding carboxylic acids is 2. The lowest BCUT2D eigenvalue weighted by atomic mass is 10.00. The number of hydrogen-bond donors (Lipinski definition) is 1. The number of hydrogen-bond acceptors (Lipinski definition) is 4. The maximum absolute atomic E-state index is 13.8. The normalized spacial score (nSPS) is 12.7. The van der Waals surface area contributed by atoms with E-state index in [-0.39, 0.29) is 36.2 Å². The first-order chi connectivity index (χ1) is 18.9. The van der Waals surface area contributed by atoms with E-state index >= 15 is 0 Å². The average Bonchev–Trinajstić information content (AvgIpc) is 2.91. The average molecular weight is 564 g/mol. The van der Waals surface area contributed by atoms with Crippen molar-refractivity contribution in [3.8, 4) is 0 Å². The summed E-state index contributed by atoms with van der Waals surface area (Å²) >= 11 is 0. The van der Waals surface area contributed by atoms with Crippen LogP contribution in [0.4, 0.5) is 0 Å². The van der Waals surface area contributed by atoms with Crippen LogP contribution >= 0.6 is 0 Å². The second-order valence-electron chi connectivity index (χ2n) is 11.2. The zero-order valence-corrected chi connectivity index (χ0v) is 24.9. The van der Waals surface area contributed by atoms with Crippen LogP contribution in [0, 0.1) is 6.92 Å². The maximum Gasteiger partial charge on any atom is 0.243 e. The van der Waals surface area contributed by atoms with Crippen molar-refractivity contribution < 1.29 is 18.0 Å². The van der Waals surface area contributed by atoms with Crippen LogP contribution in [0.5, 0.6) is 0 Å². The number of carbonyl (C=O) groups is 2. The van der Waals surface area contributed by atoms with Gasteiger partial charge in [-0.15, -0.1) is 0 Å². The van der Waals surface area contributed by atoms with Gasteiger partial charge < -0.3 is 10.2 Å². The Morgan fingerprint density at radius 2 is 1.43 bits per heavy atom. The zero-order chi connectivity index (χ0) is 29.3. The summed E-state index contributed by atoms with van der Waals surface area (Å²) in [5.74, 6) is -0.420. The molecule has 0 aliphatic heterocycles. The second-order valence-corrected chi connectivity index (χ2v) is 13.2. The van der Waals surface area contributed by atoms with Gasteiger partial charge in [-0.3, -0.25) is 9.59 Å². The SMILES string of the molecule is Cc1ccc(CN(C(=O)CCCN(C)S(=O)(=O)c2ccccc2)C(Cc2ccccc2)C(=O)NC(C)(C)C)cc1. The highest BCUT2D eigenvalue weighted by Gasteiger charge is 2.32. The summed E-state index contributed by atoms with van der Waals surface area (Å²) in [7, 11) is -2.14. The minimum Gasteiger partial charge on any atom is -0.350 e. The Labute approximate surface area is 239 Å². The van der Waals surface area contributed by atoms with Crippen LogP contribution in [0.15, 0.2) is 89.8 Å². The van der Waals surface area contributed by atoms with Gasteiger partial charge in [-0.2, -0.15) is 0 Å². The molecule has 0 aliphatic rings. The molecule has 40 heavy (non-hydrogen) atoms. The van der Waals surface area contributed by atoms with E-state index in [1.807, 2.05) is 82.3 Å². The van der Waals surface area contributed by atoms with Crippen LogP contribution < -0.4 is 5.32 Å². The fourth-order valence-corrected chi connectivity index (χ4v) is 5.62. The van der Waals surface area contributed by atoms with Crippen LogP contribution in [-0.2, 0) is 32.6 Å². The summed E-state index contributed by atoms with van der Waals surface area (Å²) in [5, 5.41) is 3.06. The summed E-state index contributed by atoms with van der Waals surface area (Å²) < 4.78 is 27.1. The molecule has 0 aromatic heterocycles. The van der Waals surface area contributed by atoms with Gasteiger partial charge in [-0.05, 0) is 57.4 Å². The smallest absolute Gasteiger partial charge is 0.243 e. The number of aryl methyl sites for hydroxylation is 1. The van der Waals surface area contributed by atoms with Crippen LogP contribution in [0.1, 0.15) is 50.3 Å². The molecular formula is C32H41N3O4S. The summed E-state index contributed by atoms with van der Waals surface area (Å²) in [6.07, 6.45) is 0.794. The predicted molar refractivity (Wildman–Crippen MR) is 159 cm³/mol. The summed E-state index contributed by atoms with van der Waals surface area (Å²) in [6, 6.07) is 25.1. The summed E-state index contributed by atoms with van der Waals surface area (Å²) in [6.45, 7) is 8.20.